The Balaban J connectivity index is 0.896. The van der Waals surface area contributed by atoms with E-state index in [-0.39, 0.29) is 0 Å². The van der Waals surface area contributed by atoms with Gasteiger partial charge in [-0.05, 0) is 115 Å². The Labute approximate surface area is 366 Å². The Morgan fingerprint density at radius 1 is 0.317 bits per heavy atom. The van der Waals surface area contributed by atoms with Crippen molar-refractivity contribution in [3.8, 4) is 55.6 Å². The van der Waals surface area contributed by atoms with Crippen LogP contribution in [0.3, 0.4) is 0 Å². The van der Waals surface area contributed by atoms with Crippen LogP contribution < -0.4 is 4.90 Å². The summed E-state index contributed by atoms with van der Waals surface area (Å²) in [7, 11) is 0. The number of nitrogens with zero attached hydrogens (tertiary/aromatic N) is 1. The van der Waals surface area contributed by atoms with Gasteiger partial charge in [0, 0.05) is 33.4 Å². The molecule has 1 aromatic heterocycles. The summed E-state index contributed by atoms with van der Waals surface area (Å²) in [6, 6.07) is 86.0. The molecule has 294 valence electrons. The van der Waals surface area contributed by atoms with Gasteiger partial charge in [-0.1, -0.05) is 194 Å². The maximum Gasteiger partial charge on any atom is 0.143 e. The van der Waals surface area contributed by atoms with Gasteiger partial charge < -0.3 is 9.32 Å². The zero-order chi connectivity index (χ0) is 41.5. The molecule has 0 N–H and O–H groups in total. The second-order valence-corrected chi connectivity index (χ2v) is 16.7. The van der Waals surface area contributed by atoms with Gasteiger partial charge in [-0.15, -0.1) is 0 Å². The van der Waals surface area contributed by atoms with E-state index in [1.165, 1.54) is 61.0 Å². The summed E-state index contributed by atoms with van der Waals surface area (Å²) >= 11 is 0. The third kappa shape index (κ3) is 5.25. The summed E-state index contributed by atoms with van der Waals surface area (Å²) < 4.78 is 6.94. The molecule has 1 spiro atoms. The van der Waals surface area contributed by atoms with Crippen molar-refractivity contribution in [1.82, 2.24) is 0 Å². The number of benzene rings is 10. The van der Waals surface area contributed by atoms with Crippen LogP contribution in [0.2, 0.25) is 0 Å². The Morgan fingerprint density at radius 3 is 1.52 bits per heavy atom. The van der Waals surface area contributed by atoms with Crippen molar-refractivity contribution in [3.63, 3.8) is 0 Å². The van der Waals surface area contributed by atoms with E-state index in [1.807, 2.05) is 0 Å². The van der Waals surface area contributed by atoms with Crippen LogP contribution in [-0.4, -0.2) is 0 Å². The van der Waals surface area contributed by atoms with Gasteiger partial charge >= 0.3 is 0 Å². The molecule has 1 heterocycles. The van der Waals surface area contributed by atoms with E-state index in [0.717, 1.165) is 55.9 Å². The molecule has 13 rings (SSSR count). The first-order valence-corrected chi connectivity index (χ1v) is 21.8. The van der Waals surface area contributed by atoms with Gasteiger partial charge in [0.15, 0.2) is 0 Å². The van der Waals surface area contributed by atoms with Gasteiger partial charge in [0.05, 0.1) is 5.41 Å². The molecule has 63 heavy (non-hydrogen) atoms. The third-order valence-corrected chi connectivity index (χ3v) is 13.5. The Kier molecular flexibility index (Phi) is 7.85. The first kappa shape index (κ1) is 35.5. The fraction of sp³-hybridized carbons (Fsp3) is 0.0164. The van der Waals surface area contributed by atoms with Gasteiger partial charge in [-0.3, -0.25) is 0 Å². The van der Waals surface area contributed by atoms with E-state index in [0.29, 0.717) is 0 Å². The average molecular weight is 802 g/mol. The molecule has 0 fully saturated rings. The minimum Gasteiger partial charge on any atom is -0.455 e. The van der Waals surface area contributed by atoms with E-state index < -0.39 is 5.41 Å². The first-order chi connectivity index (χ1) is 31.3. The smallest absolute Gasteiger partial charge is 0.143 e. The number of fused-ring (bicyclic) bond motifs is 14. The Hall–Kier alpha value is -8.20. The van der Waals surface area contributed by atoms with Gasteiger partial charge in [0.2, 0.25) is 0 Å². The highest BCUT2D eigenvalue weighted by molar-refractivity contribution is 6.18. The molecule has 0 radical (unpaired) electrons. The van der Waals surface area contributed by atoms with Crippen LogP contribution in [0.25, 0.3) is 77.6 Å². The standard InChI is InChI=1S/C61H39NO/c1-3-15-40(16-4-1)41-33-35-46(36-34-41)62(45-18-5-2-6-19-45)47-20-13-17-44(39-47)42-29-31-43(32-30-42)48-24-14-25-52-59-57(63-60(48)52)38-37-56-58(59)51-23-9-12-28-55(51)61(56)53-26-10-7-21-49(53)50-22-8-11-27-54(50)61/h1-39H. The van der Waals surface area contributed by atoms with Gasteiger partial charge in [-0.25, -0.2) is 0 Å². The van der Waals surface area contributed by atoms with Crippen LogP contribution in [0.1, 0.15) is 22.3 Å². The monoisotopic (exact) mass is 801 g/mol. The number of para-hydroxylation sites is 2. The zero-order valence-electron chi connectivity index (χ0n) is 34.4. The molecule has 2 aliphatic rings. The molecular weight excluding hydrogens is 763 g/mol. The van der Waals surface area contributed by atoms with E-state index in [2.05, 4.69) is 241 Å². The fourth-order valence-electron chi connectivity index (χ4n) is 10.8. The minimum absolute atomic E-state index is 0.396. The largest absolute Gasteiger partial charge is 0.455 e. The molecule has 0 unspecified atom stereocenters. The summed E-state index contributed by atoms with van der Waals surface area (Å²) in [5.41, 5.74) is 22.2. The summed E-state index contributed by atoms with van der Waals surface area (Å²) in [6.45, 7) is 0. The van der Waals surface area contributed by atoms with E-state index in [4.69, 9.17) is 4.42 Å². The van der Waals surface area contributed by atoms with Crippen molar-refractivity contribution < 1.29 is 4.42 Å². The van der Waals surface area contributed by atoms with Crippen LogP contribution in [0, 0.1) is 0 Å². The molecule has 0 bridgehead atoms. The fourth-order valence-corrected chi connectivity index (χ4v) is 10.8. The molecule has 0 saturated carbocycles. The number of rotatable bonds is 6. The summed E-state index contributed by atoms with van der Waals surface area (Å²) in [5, 5.41) is 2.32. The lowest BCUT2D eigenvalue weighted by Crippen LogP contribution is -2.25. The SMILES string of the molecule is c1ccc(-c2ccc(N(c3ccccc3)c3cccc(-c4ccc(-c5cccc6c5oc5ccc7c(c56)-c5ccccc5C75c6ccccc6-c6ccccc65)cc4)c3)cc2)cc1. The molecule has 2 nitrogen and oxygen atoms in total. The highest BCUT2D eigenvalue weighted by Gasteiger charge is 2.52. The lowest BCUT2D eigenvalue weighted by Gasteiger charge is -2.30. The average Bonchev–Trinajstić information content (AvgIpc) is 3.99. The lowest BCUT2D eigenvalue weighted by molar-refractivity contribution is 0.669. The third-order valence-electron chi connectivity index (χ3n) is 13.5. The van der Waals surface area contributed by atoms with Crippen LogP contribution in [0.15, 0.2) is 241 Å². The van der Waals surface area contributed by atoms with Crippen molar-refractivity contribution in [2.24, 2.45) is 0 Å². The second-order valence-electron chi connectivity index (χ2n) is 16.7. The Bertz CT molecular complexity index is 3500. The second kappa shape index (κ2) is 13.9. The van der Waals surface area contributed by atoms with E-state index in [1.54, 1.807) is 0 Å². The number of hydrogen-bond donors (Lipinski definition) is 0. The predicted octanol–water partition coefficient (Wildman–Crippen LogP) is 16.4. The molecular formula is C61H39NO. The quantitative estimate of drug-likeness (QED) is 0.167. The van der Waals surface area contributed by atoms with Crippen molar-refractivity contribution in [2.75, 3.05) is 4.90 Å². The van der Waals surface area contributed by atoms with Crippen LogP contribution in [0.4, 0.5) is 17.1 Å². The van der Waals surface area contributed by atoms with Crippen LogP contribution in [0.5, 0.6) is 0 Å². The molecule has 2 heteroatoms. The first-order valence-electron chi connectivity index (χ1n) is 21.8. The summed E-state index contributed by atoms with van der Waals surface area (Å²) in [5.74, 6) is 0. The zero-order valence-corrected chi connectivity index (χ0v) is 34.4. The van der Waals surface area contributed by atoms with Crippen molar-refractivity contribution in [3.05, 3.63) is 259 Å². The molecule has 0 amide bonds. The molecule has 0 saturated heterocycles. The number of furan rings is 1. The van der Waals surface area contributed by atoms with E-state index in [9.17, 15) is 0 Å². The highest BCUT2D eigenvalue weighted by atomic mass is 16.3. The van der Waals surface area contributed by atoms with Crippen molar-refractivity contribution in [2.45, 2.75) is 5.41 Å². The molecule has 11 aromatic rings. The number of anilines is 3. The van der Waals surface area contributed by atoms with Gasteiger partial charge in [0.1, 0.15) is 11.2 Å². The van der Waals surface area contributed by atoms with E-state index >= 15 is 0 Å². The van der Waals surface area contributed by atoms with Crippen molar-refractivity contribution >= 4 is 39.0 Å². The lowest BCUT2D eigenvalue weighted by atomic mass is 9.70. The molecule has 0 atom stereocenters. The topological polar surface area (TPSA) is 16.4 Å². The number of hydrogen-bond acceptors (Lipinski definition) is 2. The van der Waals surface area contributed by atoms with Gasteiger partial charge in [0.25, 0.3) is 0 Å². The summed E-state index contributed by atoms with van der Waals surface area (Å²) in [4.78, 5) is 2.33. The molecule has 10 aromatic carbocycles. The van der Waals surface area contributed by atoms with Gasteiger partial charge in [-0.2, -0.15) is 0 Å². The van der Waals surface area contributed by atoms with Crippen LogP contribution in [-0.2, 0) is 5.41 Å². The minimum atomic E-state index is -0.396. The molecule has 2 aliphatic carbocycles. The van der Waals surface area contributed by atoms with Crippen LogP contribution >= 0.6 is 0 Å². The highest BCUT2D eigenvalue weighted by Crippen LogP contribution is 2.64. The normalized spacial score (nSPS) is 12.9. The predicted molar refractivity (Wildman–Crippen MR) is 261 cm³/mol. The summed E-state index contributed by atoms with van der Waals surface area (Å²) in [6.07, 6.45) is 0. The maximum absolute atomic E-state index is 6.94. The maximum atomic E-state index is 6.94. The molecule has 0 aliphatic heterocycles. The Morgan fingerprint density at radius 2 is 0.810 bits per heavy atom. The van der Waals surface area contributed by atoms with Crippen molar-refractivity contribution in [1.29, 1.82) is 0 Å².